The monoisotopic (exact) mass is 266 g/mol. The summed E-state index contributed by atoms with van der Waals surface area (Å²) in [5, 5.41) is 4.18. The summed E-state index contributed by atoms with van der Waals surface area (Å²) in [4.78, 5) is 17.7. The molecule has 1 rings (SSSR count). The molecule has 0 N–H and O–H groups in total. The van der Waals surface area contributed by atoms with Gasteiger partial charge in [-0.1, -0.05) is 6.08 Å². The lowest BCUT2D eigenvalue weighted by atomic mass is 10.3. The van der Waals surface area contributed by atoms with Gasteiger partial charge in [0.25, 0.3) is 0 Å². The lowest BCUT2D eigenvalue weighted by molar-refractivity contribution is -0.144. The molecule has 0 aromatic carbocycles. The fraction of sp³-hybridized carbons (Fsp3) is 0.615. The van der Waals surface area contributed by atoms with Crippen LogP contribution in [0.25, 0.3) is 0 Å². The molecule has 1 aromatic rings. The molecular weight excluding hydrogens is 244 g/mol. The van der Waals surface area contributed by atoms with Crippen molar-refractivity contribution in [2.45, 2.75) is 33.4 Å². The lowest BCUT2D eigenvalue weighted by Crippen LogP contribution is -2.32. The SMILES string of the molecule is C=CCN(CC(=O)OCC)Cc1ncnn1C(C)C. The van der Waals surface area contributed by atoms with Crippen molar-refractivity contribution in [2.75, 3.05) is 19.7 Å². The minimum atomic E-state index is -0.236. The van der Waals surface area contributed by atoms with Crippen LogP contribution in [0.5, 0.6) is 0 Å². The third-order valence-electron chi connectivity index (χ3n) is 2.55. The molecule has 0 aliphatic carbocycles. The van der Waals surface area contributed by atoms with Gasteiger partial charge >= 0.3 is 5.97 Å². The summed E-state index contributed by atoms with van der Waals surface area (Å²) in [6.45, 7) is 11.4. The molecule has 6 nitrogen and oxygen atoms in total. The highest BCUT2D eigenvalue weighted by Crippen LogP contribution is 2.08. The summed E-state index contributed by atoms with van der Waals surface area (Å²) in [6.07, 6.45) is 3.29. The number of esters is 1. The molecule has 0 aliphatic rings. The van der Waals surface area contributed by atoms with Crippen molar-refractivity contribution in [1.82, 2.24) is 19.7 Å². The van der Waals surface area contributed by atoms with E-state index in [1.54, 1.807) is 13.0 Å². The molecule has 1 aromatic heterocycles. The molecule has 0 aliphatic heterocycles. The first kappa shape index (κ1) is 15.4. The van der Waals surface area contributed by atoms with E-state index in [9.17, 15) is 4.79 Å². The summed E-state index contributed by atoms with van der Waals surface area (Å²) >= 11 is 0. The molecule has 0 fully saturated rings. The maximum Gasteiger partial charge on any atom is 0.320 e. The van der Waals surface area contributed by atoms with Crippen LogP contribution in [0.3, 0.4) is 0 Å². The number of carbonyl (C=O) groups is 1. The first-order valence-corrected chi connectivity index (χ1v) is 6.45. The molecule has 0 radical (unpaired) electrons. The van der Waals surface area contributed by atoms with Crippen LogP contribution in [0.4, 0.5) is 0 Å². The van der Waals surface area contributed by atoms with Crippen molar-refractivity contribution in [3.05, 3.63) is 24.8 Å². The predicted molar refractivity (Wildman–Crippen MR) is 72.5 cm³/mol. The average molecular weight is 266 g/mol. The zero-order valence-corrected chi connectivity index (χ0v) is 11.9. The van der Waals surface area contributed by atoms with Crippen LogP contribution >= 0.6 is 0 Å². The highest BCUT2D eigenvalue weighted by molar-refractivity contribution is 5.71. The Bertz CT molecular complexity index is 415. The second kappa shape index (κ2) is 7.68. The van der Waals surface area contributed by atoms with Gasteiger partial charge in [0, 0.05) is 12.6 Å². The van der Waals surface area contributed by atoms with E-state index >= 15 is 0 Å². The second-order valence-electron chi connectivity index (χ2n) is 4.48. The zero-order valence-electron chi connectivity index (χ0n) is 11.9. The van der Waals surface area contributed by atoms with Gasteiger partial charge < -0.3 is 4.74 Å². The molecule has 0 bridgehead atoms. The van der Waals surface area contributed by atoms with E-state index in [1.807, 2.05) is 23.4 Å². The second-order valence-corrected chi connectivity index (χ2v) is 4.48. The van der Waals surface area contributed by atoms with Crippen molar-refractivity contribution in [3.63, 3.8) is 0 Å². The van der Waals surface area contributed by atoms with Crippen LogP contribution in [-0.4, -0.2) is 45.3 Å². The minimum absolute atomic E-state index is 0.227. The predicted octanol–water partition coefficient (Wildman–Crippen LogP) is 1.41. The van der Waals surface area contributed by atoms with Crippen molar-refractivity contribution >= 4 is 5.97 Å². The Balaban J connectivity index is 2.69. The molecule has 6 heteroatoms. The van der Waals surface area contributed by atoms with Gasteiger partial charge in [-0.25, -0.2) is 9.67 Å². The zero-order chi connectivity index (χ0) is 14.3. The largest absolute Gasteiger partial charge is 0.465 e. The molecule has 0 unspecified atom stereocenters. The van der Waals surface area contributed by atoms with E-state index < -0.39 is 0 Å². The van der Waals surface area contributed by atoms with Crippen molar-refractivity contribution < 1.29 is 9.53 Å². The average Bonchev–Trinajstić information content (AvgIpc) is 2.77. The van der Waals surface area contributed by atoms with Crippen LogP contribution in [0.15, 0.2) is 19.0 Å². The number of ether oxygens (including phenoxy) is 1. The Hall–Kier alpha value is -1.69. The first-order chi connectivity index (χ1) is 9.08. The van der Waals surface area contributed by atoms with Gasteiger partial charge in [0.15, 0.2) is 0 Å². The van der Waals surface area contributed by atoms with Gasteiger partial charge in [0.1, 0.15) is 12.2 Å². The molecule has 106 valence electrons. The normalized spacial score (nSPS) is 11.0. The molecule has 0 atom stereocenters. The summed E-state index contributed by atoms with van der Waals surface area (Å²) in [5.41, 5.74) is 0. The van der Waals surface area contributed by atoms with Gasteiger partial charge in [0.2, 0.25) is 0 Å². The van der Waals surface area contributed by atoms with Gasteiger partial charge in [-0.05, 0) is 20.8 Å². The van der Waals surface area contributed by atoms with E-state index in [4.69, 9.17) is 4.74 Å². The van der Waals surface area contributed by atoms with Gasteiger partial charge in [-0.15, -0.1) is 6.58 Å². The summed E-state index contributed by atoms with van der Waals surface area (Å²) < 4.78 is 6.81. The van der Waals surface area contributed by atoms with E-state index in [0.29, 0.717) is 19.7 Å². The molecule has 0 saturated carbocycles. The van der Waals surface area contributed by atoms with Crippen LogP contribution < -0.4 is 0 Å². The van der Waals surface area contributed by atoms with Crippen LogP contribution in [0.2, 0.25) is 0 Å². The van der Waals surface area contributed by atoms with E-state index in [2.05, 4.69) is 16.7 Å². The van der Waals surface area contributed by atoms with E-state index in [0.717, 1.165) is 5.82 Å². The summed E-state index contributed by atoms with van der Waals surface area (Å²) in [6, 6.07) is 0.241. The Kier molecular flexibility index (Phi) is 6.21. The van der Waals surface area contributed by atoms with Gasteiger partial charge in [-0.2, -0.15) is 5.10 Å². The minimum Gasteiger partial charge on any atom is -0.465 e. The smallest absolute Gasteiger partial charge is 0.320 e. The fourth-order valence-corrected chi connectivity index (χ4v) is 1.78. The maximum absolute atomic E-state index is 11.5. The maximum atomic E-state index is 11.5. The molecule has 0 saturated heterocycles. The van der Waals surface area contributed by atoms with Crippen molar-refractivity contribution in [3.8, 4) is 0 Å². The Morgan fingerprint density at radius 1 is 1.63 bits per heavy atom. The molecule has 1 heterocycles. The van der Waals surface area contributed by atoms with Gasteiger partial charge in [0.05, 0.1) is 19.7 Å². The molecular formula is C13H22N4O2. The van der Waals surface area contributed by atoms with Crippen LogP contribution in [0.1, 0.15) is 32.6 Å². The highest BCUT2D eigenvalue weighted by atomic mass is 16.5. The Morgan fingerprint density at radius 3 is 2.95 bits per heavy atom. The quantitative estimate of drug-likeness (QED) is 0.526. The van der Waals surface area contributed by atoms with Gasteiger partial charge in [-0.3, -0.25) is 9.69 Å². The summed E-state index contributed by atoms with van der Waals surface area (Å²) in [7, 11) is 0. The number of nitrogens with zero attached hydrogens (tertiary/aromatic N) is 4. The third kappa shape index (κ3) is 4.82. The number of hydrogen-bond acceptors (Lipinski definition) is 5. The third-order valence-corrected chi connectivity index (χ3v) is 2.55. The fourth-order valence-electron chi connectivity index (χ4n) is 1.78. The van der Waals surface area contributed by atoms with E-state index in [-0.39, 0.29) is 18.6 Å². The number of rotatable bonds is 8. The number of carbonyl (C=O) groups excluding carboxylic acids is 1. The van der Waals surface area contributed by atoms with E-state index in [1.165, 1.54) is 6.33 Å². The topological polar surface area (TPSA) is 60.3 Å². The standard InChI is InChI=1S/C13H22N4O2/c1-5-7-16(9-13(18)19-6-2)8-12-14-10-15-17(12)11(3)4/h5,10-11H,1,6-9H2,2-4H3. The summed E-state index contributed by atoms with van der Waals surface area (Å²) in [5.74, 6) is 0.598. The molecule has 0 amide bonds. The van der Waals surface area contributed by atoms with Crippen molar-refractivity contribution in [1.29, 1.82) is 0 Å². The van der Waals surface area contributed by atoms with Crippen LogP contribution in [0, 0.1) is 0 Å². The van der Waals surface area contributed by atoms with Crippen molar-refractivity contribution in [2.24, 2.45) is 0 Å². The number of hydrogen-bond donors (Lipinski definition) is 0. The lowest BCUT2D eigenvalue weighted by Gasteiger charge is -2.20. The Morgan fingerprint density at radius 2 is 2.37 bits per heavy atom. The first-order valence-electron chi connectivity index (χ1n) is 6.45. The van der Waals surface area contributed by atoms with Crippen LogP contribution in [-0.2, 0) is 16.1 Å². The molecule has 19 heavy (non-hydrogen) atoms. The number of aromatic nitrogens is 3. The molecule has 0 spiro atoms. The highest BCUT2D eigenvalue weighted by Gasteiger charge is 2.15. The Labute approximate surface area is 114 Å².